The summed E-state index contributed by atoms with van der Waals surface area (Å²) in [5.74, 6) is -0.266. The van der Waals surface area contributed by atoms with E-state index in [0.29, 0.717) is 36.2 Å². The first-order valence-electron chi connectivity index (χ1n) is 13.3. The van der Waals surface area contributed by atoms with Crippen LogP contribution in [0.3, 0.4) is 0 Å². The molecule has 1 unspecified atom stereocenters. The van der Waals surface area contributed by atoms with Gasteiger partial charge in [-0.2, -0.15) is 0 Å². The SMILES string of the molecule is O=C(CN1C(=O)C(NC(=O)n2ccnc2)N=C(c2ccccc2F)c2ccccc21)N1CC2CCC(CC2)C1. The van der Waals surface area contributed by atoms with Crippen molar-refractivity contribution in [2.45, 2.75) is 31.8 Å². The predicted octanol–water partition coefficient (Wildman–Crippen LogP) is 3.44. The number of benzodiazepines with no additional fused rings is 1. The molecule has 3 amide bonds. The van der Waals surface area contributed by atoms with Crippen LogP contribution in [0.1, 0.15) is 36.8 Å². The van der Waals surface area contributed by atoms with E-state index < -0.39 is 23.9 Å². The number of carbonyl (C=O) groups excluding carboxylic acids is 3. The third kappa shape index (κ3) is 4.94. The van der Waals surface area contributed by atoms with Gasteiger partial charge in [-0.3, -0.25) is 19.1 Å². The Morgan fingerprint density at radius 3 is 2.28 bits per heavy atom. The molecule has 1 aliphatic carbocycles. The number of rotatable bonds is 4. The summed E-state index contributed by atoms with van der Waals surface area (Å²) in [7, 11) is 0. The molecule has 200 valence electrons. The molecule has 10 heteroatoms. The summed E-state index contributed by atoms with van der Waals surface area (Å²) in [5, 5.41) is 2.64. The van der Waals surface area contributed by atoms with Gasteiger partial charge in [0.1, 0.15) is 18.7 Å². The van der Waals surface area contributed by atoms with E-state index >= 15 is 4.39 Å². The molecule has 1 N–H and O–H groups in total. The van der Waals surface area contributed by atoms with Crippen molar-refractivity contribution in [3.05, 3.63) is 84.2 Å². The number of para-hydroxylation sites is 1. The molecule has 2 aromatic carbocycles. The summed E-state index contributed by atoms with van der Waals surface area (Å²) in [5.41, 5.74) is 1.35. The number of anilines is 1. The molecule has 1 saturated carbocycles. The lowest BCUT2D eigenvalue weighted by Gasteiger charge is -2.29. The zero-order valence-electron chi connectivity index (χ0n) is 21.4. The largest absolute Gasteiger partial charge is 0.341 e. The van der Waals surface area contributed by atoms with E-state index in [2.05, 4.69) is 15.3 Å². The van der Waals surface area contributed by atoms with E-state index in [9.17, 15) is 14.4 Å². The van der Waals surface area contributed by atoms with Gasteiger partial charge in [-0.1, -0.05) is 30.3 Å². The van der Waals surface area contributed by atoms with E-state index in [1.54, 1.807) is 42.5 Å². The number of imidazole rings is 1. The maximum atomic E-state index is 15.0. The molecule has 2 bridgehead atoms. The van der Waals surface area contributed by atoms with E-state index in [1.165, 1.54) is 34.3 Å². The van der Waals surface area contributed by atoms with Crippen LogP contribution in [-0.4, -0.2) is 63.8 Å². The van der Waals surface area contributed by atoms with Crippen molar-refractivity contribution in [1.29, 1.82) is 0 Å². The van der Waals surface area contributed by atoms with Gasteiger partial charge in [0.2, 0.25) is 12.1 Å². The second kappa shape index (κ2) is 10.4. The standard InChI is InChI=1S/C29H29FN6O3/c30-23-7-3-1-5-21(23)26-22-6-2-4-8-24(22)36(17-25(37)35-15-19-9-10-20(16-35)12-11-19)28(38)27(32-26)33-29(39)34-14-13-31-18-34/h1-8,13-14,18-20,27H,9-12,15-17H2,(H,33,39). The van der Waals surface area contributed by atoms with E-state index in [0.717, 1.165) is 25.7 Å². The van der Waals surface area contributed by atoms with Crippen molar-refractivity contribution < 1.29 is 18.8 Å². The van der Waals surface area contributed by atoms with Gasteiger partial charge < -0.3 is 10.2 Å². The van der Waals surface area contributed by atoms with E-state index in [-0.39, 0.29) is 23.7 Å². The van der Waals surface area contributed by atoms with Crippen molar-refractivity contribution >= 4 is 29.2 Å². The second-order valence-corrected chi connectivity index (χ2v) is 10.4. The Morgan fingerprint density at radius 2 is 1.62 bits per heavy atom. The third-order valence-corrected chi connectivity index (χ3v) is 7.91. The molecule has 4 heterocycles. The molecule has 3 aliphatic heterocycles. The first-order valence-corrected chi connectivity index (χ1v) is 13.3. The molecular formula is C29H29FN6O3. The highest BCUT2D eigenvalue weighted by Crippen LogP contribution is 2.34. The van der Waals surface area contributed by atoms with Gasteiger partial charge in [0.25, 0.3) is 5.91 Å². The first kappa shape index (κ1) is 25.0. The third-order valence-electron chi connectivity index (χ3n) is 7.91. The Kier molecular flexibility index (Phi) is 6.68. The minimum Gasteiger partial charge on any atom is -0.341 e. The number of aromatic nitrogens is 2. The molecule has 2 saturated heterocycles. The Bertz CT molecular complexity index is 1420. The Labute approximate surface area is 225 Å². The molecule has 1 atom stereocenters. The summed E-state index contributed by atoms with van der Waals surface area (Å²) >= 11 is 0. The number of nitrogens with zero attached hydrogens (tertiary/aromatic N) is 5. The molecule has 9 nitrogen and oxygen atoms in total. The van der Waals surface area contributed by atoms with Gasteiger partial charge >= 0.3 is 6.03 Å². The number of hydrogen-bond acceptors (Lipinski definition) is 5. The number of carbonyl (C=O) groups is 3. The van der Waals surface area contributed by atoms with Crippen molar-refractivity contribution in [3.8, 4) is 0 Å². The van der Waals surface area contributed by atoms with Gasteiger partial charge in [-0.15, -0.1) is 0 Å². The average molecular weight is 529 g/mol. The van der Waals surface area contributed by atoms with E-state index in [4.69, 9.17) is 0 Å². The van der Waals surface area contributed by atoms with Crippen LogP contribution in [0.25, 0.3) is 0 Å². The van der Waals surface area contributed by atoms with Crippen LogP contribution < -0.4 is 10.2 Å². The maximum absolute atomic E-state index is 15.0. The minimum absolute atomic E-state index is 0.147. The van der Waals surface area contributed by atoms with Gasteiger partial charge in [0, 0.05) is 36.6 Å². The fourth-order valence-corrected chi connectivity index (χ4v) is 5.86. The van der Waals surface area contributed by atoms with Gasteiger partial charge in [-0.25, -0.2) is 19.2 Å². The van der Waals surface area contributed by atoms with Crippen molar-refractivity contribution in [1.82, 2.24) is 19.8 Å². The molecule has 0 spiro atoms. The molecule has 39 heavy (non-hydrogen) atoms. The number of nitrogens with one attached hydrogen (secondary N) is 1. The molecule has 1 aromatic heterocycles. The fraction of sp³-hybridized carbons (Fsp3) is 0.345. The summed E-state index contributed by atoms with van der Waals surface area (Å²) in [6, 6.07) is 12.5. The molecular weight excluding hydrogens is 499 g/mol. The number of halogens is 1. The second-order valence-electron chi connectivity index (χ2n) is 10.4. The van der Waals surface area contributed by atoms with Crippen LogP contribution in [0.5, 0.6) is 0 Å². The van der Waals surface area contributed by atoms with Crippen LogP contribution in [-0.2, 0) is 9.59 Å². The van der Waals surface area contributed by atoms with Crippen LogP contribution in [0, 0.1) is 17.7 Å². The summed E-state index contributed by atoms with van der Waals surface area (Å²) in [6.45, 7) is 1.18. The monoisotopic (exact) mass is 528 g/mol. The zero-order valence-corrected chi connectivity index (χ0v) is 21.4. The van der Waals surface area contributed by atoms with Crippen molar-refractivity contribution in [3.63, 3.8) is 0 Å². The van der Waals surface area contributed by atoms with Gasteiger partial charge in [0.05, 0.1) is 11.4 Å². The lowest BCUT2D eigenvalue weighted by atomic mass is 9.84. The van der Waals surface area contributed by atoms with Gasteiger partial charge in [0.15, 0.2) is 0 Å². The smallest absolute Gasteiger partial charge is 0.328 e. The van der Waals surface area contributed by atoms with Crippen LogP contribution in [0.4, 0.5) is 14.9 Å². The zero-order chi connectivity index (χ0) is 26.9. The number of aliphatic imine (C=N–C) groups is 1. The topological polar surface area (TPSA) is 99.9 Å². The van der Waals surface area contributed by atoms with Crippen LogP contribution in [0.15, 0.2) is 72.2 Å². The van der Waals surface area contributed by atoms with Crippen LogP contribution in [0.2, 0.25) is 0 Å². The molecule has 7 rings (SSSR count). The van der Waals surface area contributed by atoms with Gasteiger partial charge in [-0.05, 0) is 55.7 Å². The quantitative estimate of drug-likeness (QED) is 0.561. The minimum atomic E-state index is -1.39. The number of hydrogen-bond donors (Lipinski definition) is 1. The van der Waals surface area contributed by atoms with Crippen molar-refractivity contribution in [2.24, 2.45) is 16.8 Å². The lowest BCUT2D eigenvalue weighted by Crippen LogP contribution is -2.51. The Hall–Kier alpha value is -4.34. The summed E-state index contributed by atoms with van der Waals surface area (Å²) in [4.78, 5) is 52.3. The Morgan fingerprint density at radius 1 is 0.949 bits per heavy atom. The lowest BCUT2D eigenvalue weighted by molar-refractivity contribution is -0.132. The molecule has 0 radical (unpaired) electrons. The number of fused-ring (bicyclic) bond motifs is 5. The fourth-order valence-electron chi connectivity index (χ4n) is 5.86. The highest BCUT2D eigenvalue weighted by Gasteiger charge is 2.37. The molecule has 3 aromatic rings. The highest BCUT2D eigenvalue weighted by atomic mass is 19.1. The molecule has 4 aliphatic rings. The highest BCUT2D eigenvalue weighted by molar-refractivity contribution is 6.21. The average Bonchev–Trinajstić information content (AvgIpc) is 3.28. The van der Waals surface area contributed by atoms with E-state index in [1.807, 2.05) is 4.90 Å². The normalized spacial score (nSPS) is 22.5. The van der Waals surface area contributed by atoms with Crippen molar-refractivity contribution in [2.75, 3.05) is 24.5 Å². The first-order chi connectivity index (χ1) is 19.0. The number of amides is 3. The van der Waals surface area contributed by atoms with Crippen LogP contribution >= 0.6 is 0 Å². The summed E-state index contributed by atoms with van der Waals surface area (Å²) < 4.78 is 16.2. The maximum Gasteiger partial charge on any atom is 0.328 e. The predicted molar refractivity (Wildman–Crippen MR) is 143 cm³/mol. The Balaban J connectivity index is 1.39. The summed E-state index contributed by atoms with van der Waals surface area (Å²) in [6.07, 6.45) is 7.31. The molecule has 3 fully saturated rings. The number of benzene rings is 2.